The van der Waals surface area contributed by atoms with Crippen LogP contribution in [0.5, 0.6) is 11.5 Å². The lowest BCUT2D eigenvalue weighted by atomic mass is 9.84. The molecule has 5 heteroatoms. The third-order valence-corrected chi connectivity index (χ3v) is 4.70. The quantitative estimate of drug-likeness (QED) is 0.904. The second-order valence-electron chi connectivity index (χ2n) is 5.78. The predicted octanol–water partition coefficient (Wildman–Crippen LogP) is 2.31. The molecule has 2 bridgehead atoms. The molecule has 21 heavy (non-hydrogen) atoms. The lowest BCUT2D eigenvalue weighted by Crippen LogP contribution is -2.55. The fourth-order valence-electron chi connectivity index (χ4n) is 3.53. The zero-order valence-electron chi connectivity index (χ0n) is 12.8. The van der Waals surface area contributed by atoms with Crippen LogP contribution in [0.3, 0.4) is 0 Å². The Morgan fingerprint density at radius 3 is 2.52 bits per heavy atom. The number of para-hydroxylation sites is 1. The molecule has 1 atom stereocenters. The van der Waals surface area contributed by atoms with Crippen molar-refractivity contribution in [1.29, 1.82) is 0 Å². The molecule has 1 aromatic rings. The standard InChI is InChI=1S/C16H24N2O2.ClH/c1-19-15-5-3-4-13(16(15)20-2)10-17-14-11-18-8-6-12(14)7-9-18;/h3-5,12,14,17H,6-11H2,1-2H3;1H. The monoisotopic (exact) mass is 312 g/mol. The highest BCUT2D eigenvalue weighted by atomic mass is 35.5. The van der Waals surface area contributed by atoms with E-state index in [1.807, 2.05) is 12.1 Å². The van der Waals surface area contributed by atoms with Crippen LogP contribution in [0.2, 0.25) is 0 Å². The van der Waals surface area contributed by atoms with Crippen LogP contribution in [0.1, 0.15) is 18.4 Å². The Morgan fingerprint density at radius 2 is 1.95 bits per heavy atom. The van der Waals surface area contributed by atoms with Crippen molar-refractivity contribution in [2.45, 2.75) is 25.4 Å². The van der Waals surface area contributed by atoms with Gasteiger partial charge < -0.3 is 19.7 Å². The molecule has 118 valence electrons. The second kappa shape index (κ2) is 7.34. The van der Waals surface area contributed by atoms with E-state index in [2.05, 4.69) is 16.3 Å². The van der Waals surface area contributed by atoms with Crippen LogP contribution in [-0.2, 0) is 6.54 Å². The molecule has 0 aromatic heterocycles. The Labute approximate surface area is 133 Å². The second-order valence-corrected chi connectivity index (χ2v) is 5.78. The number of nitrogens with zero attached hydrogens (tertiary/aromatic N) is 1. The van der Waals surface area contributed by atoms with E-state index in [1.165, 1.54) is 38.0 Å². The molecule has 3 saturated heterocycles. The smallest absolute Gasteiger partial charge is 0.165 e. The molecule has 0 saturated carbocycles. The first kappa shape index (κ1) is 16.4. The third kappa shape index (κ3) is 3.44. The molecular weight excluding hydrogens is 288 g/mol. The number of nitrogens with one attached hydrogen (secondary N) is 1. The molecule has 0 amide bonds. The van der Waals surface area contributed by atoms with Gasteiger partial charge in [-0.15, -0.1) is 12.4 Å². The van der Waals surface area contributed by atoms with Gasteiger partial charge in [0.15, 0.2) is 11.5 Å². The Hall–Kier alpha value is -0.970. The number of benzene rings is 1. The van der Waals surface area contributed by atoms with Gasteiger partial charge in [-0.1, -0.05) is 12.1 Å². The van der Waals surface area contributed by atoms with Crippen molar-refractivity contribution in [1.82, 2.24) is 10.2 Å². The van der Waals surface area contributed by atoms with E-state index < -0.39 is 0 Å². The predicted molar refractivity (Wildman–Crippen MR) is 86.6 cm³/mol. The average molecular weight is 313 g/mol. The molecule has 1 aromatic carbocycles. The van der Waals surface area contributed by atoms with Crippen LogP contribution >= 0.6 is 12.4 Å². The van der Waals surface area contributed by atoms with E-state index in [0.717, 1.165) is 24.0 Å². The Balaban J connectivity index is 0.00000161. The fraction of sp³-hybridized carbons (Fsp3) is 0.625. The maximum atomic E-state index is 5.49. The summed E-state index contributed by atoms with van der Waals surface area (Å²) in [5, 5.41) is 3.72. The first-order valence-electron chi connectivity index (χ1n) is 7.47. The maximum Gasteiger partial charge on any atom is 0.165 e. The van der Waals surface area contributed by atoms with Crippen molar-refractivity contribution < 1.29 is 9.47 Å². The number of fused-ring (bicyclic) bond motifs is 3. The van der Waals surface area contributed by atoms with Gasteiger partial charge in [0.25, 0.3) is 0 Å². The van der Waals surface area contributed by atoms with E-state index in [0.29, 0.717) is 6.04 Å². The van der Waals surface area contributed by atoms with Crippen molar-refractivity contribution in [3.8, 4) is 11.5 Å². The lowest BCUT2D eigenvalue weighted by Gasteiger charge is -2.45. The molecule has 0 radical (unpaired) electrons. The van der Waals surface area contributed by atoms with Gasteiger partial charge in [0.05, 0.1) is 14.2 Å². The van der Waals surface area contributed by atoms with E-state index >= 15 is 0 Å². The van der Waals surface area contributed by atoms with Crippen LogP contribution in [0.4, 0.5) is 0 Å². The summed E-state index contributed by atoms with van der Waals surface area (Å²) in [6, 6.07) is 6.69. The maximum absolute atomic E-state index is 5.49. The highest BCUT2D eigenvalue weighted by Gasteiger charge is 2.33. The van der Waals surface area contributed by atoms with E-state index in [9.17, 15) is 0 Å². The summed E-state index contributed by atoms with van der Waals surface area (Å²) in [5.74, 6) is 2.50. The molecule has 0 aliphatic carbocycles. The zero-order chi connectivity index (χ0) is 13.9. The van der Waals surface area contributed by atoms with Gasteiger partial charge in [-0.2, -0.15) is 0 Å². The molecule has 0 spiro atoms. The van der Waals surface area contributed by atoms with E-state index in [1.54, 1.807) is 14.2 Å². The minimum Gasteiger partial charge on any atom is -0.493 e. The molecule has 3 aliphatic heterocycles. The number of ether oxygens (including phenoxy) is 2. The van der Waals surface area contributed by atoms with Crippen LogP contribution in [0, 0.1) is 5.92 Å². The van der Waals surface area contributed by atoms with Crippen LogP contribution in [0.25, 0.3) is 0 Å². The molecular formula is C16H25ClN2O2. The topological polar surface area (TPSA) is 33.7 Å². The number of methoxy groups -OCH3 is 2. The Kier molecular flexibility index (Phi) is 5.73. The molecule has 4 rings (SSSR count). The largest absolute Gasteiger partial charge is 0.493 e. The first-order valence-corrected chi connectivity index (χ1v) is 7.47. The Bertz CT molecular complexity index is 462. The molecule has 1 N–H and O–H groups in total. The number of hydrogen-bond acceptors (Lipinski definition) is 4. The van der Waals surface area contributed by atoms with Crippen molar-refractivity contribution in [3.05, 3.63) is 23.8 Å². The van der Waals surface area contributed by atoms with Crippen molar-refractivity contribution in [2.75, 3.05) is 33.9 Å². The highest BCUT2D eigenvalue weighted by molar-refractivity contribution is 5.85. The van der Waals surface area contributed by atoms with Gasteiger partial charge in [0, 0.05) is 24.7 Å². The SMILES string of the molecule is COc1cccc(CNC2CN3CCC2CC3)c1OC.Cl. The highest BCUT2D eigenvalue weighted by Crippen LogP contribution is 2.32. The van der Waals surface area contributed by atoms with Gasteiger partial charge in [-0.05, 0) is 37.9 Å². The first-order chi connectivity index (χ1) is 9.81. The van der Waals surface area contributed by atoms with Crippen molar-refractivity contribution in [3.63, 3.8) is 0 Å². The van der Waals surface area contributed by atoms with Gasteiger partial charge in [0.1, 0.15) is 0 Å². The minimum atomic E-state index is 0. The summed E-state index contributed by atoms with van der Waals surface area (Å²) in [5.41, 5.74) is 1.17. The fourth-order valence-corrected chi connectivity index (χ4v) is 3.53. The Morgan fingerprint density at radius 1 is 1.19 bits per heavy atom. The normalized spacial score (nSPS) is 27.0. The minimum absolute atomic E-state index is 0. The van der Waals surface area contributed by atoms with Crippen LogP contribution < -0.4 is 14.8 Å². The van der Waals surface area contributed by atoms with Crippen molar-refractivity contribution >= 4 is 12.4 Å². The van der Waals surface area contributed by atoms with Gasteiger partial charge >= 0.3 is 0 Å². The van der Waals surface area contributed by atoms with Crippen molar-refractivity contribution in [2.24, 2.45) is 5.92 Å². The summed E-state index contributed by atoms with van der Waals surface area (Å²) in [4.78, 5) is 2.57. The number of rotatable bonds is 5. The molecule has 1 unspecified atom stereocenters. The number of halogens is 1. The summed E-state index contributed by atoms with van der Waals surface area (Å²) in [6.45, 7) is 4.60. The average Bonchev–Trinajstić information content (AvgIpc) is 2.53. The number of piperidine rings is 3. The third-order valence-electron chi connectivity index (χ3n) is 4.70. The van der Waals surface area contributed by atoms with Crippen LogP contribution in [0.15, 0.2) is 18.2 Å². The lowest BCUT2D eigenvalue weighted by molar-refractivity contribution is 0.0719. The summed E-state index contributed by atoms with van der Waals surface area (Å²) >= 11 is 0. The molecule has 3 fully saturated rings. The van der Waals surface area contributed by atoms with Gasteiger partial charge in [-0.25, -0.2) is 0 Å². The van der Waals surface area contributed by atoms with Gasteiger partial charge in [0.2, 0.25) is 0 Å². The summed E-state index contributed by atoms with van der Waals surface area (Å²) in [7, 11) is 3.39. The van der Waals surface area contributed by atoms with Gasteiger partial charge in [-0.3, -0.25) is 0 Å². The van der Waals surface area contributed by atoms with Crippen LogP contribution in [-0.4, -0.2) is 44.8 Å². The summed E-state index contributed by atoms with van der Waals surface area (Å²) < 4.78 is 10.9. The molecule has 3 heterocycles. The number of hydrogen-bond donors (Lipinski definition) is 1. The van der Waals surface area contributed by atoms with E-state index in [4.69, 9.17) is 9.47 Å². The molecule has 3 aliphatic rings. The summed E-state index contributed by atoms with van der Waals surface area (Å²) in [6.07, 6.45) is 2.68. The zero-order valence-corrected chi connectivity index (χ0v) is 13.6. The van der Waals surface area contributed by atoms with E-state index in [-0.39, 0.29) is 12.4 Å². The molecule has 4 nitrogen and oxygen atoms in total.